The summed E-state index contributed by atoms with van der Waals surface area (Å²) in [5.41, 5.74) is 1.54. The fraction of sp³-hybridized carbons (Fsp3) is 0.111. The maximum Gasteiger partial charge on any atom is 0.293 e. The maximum absolute atomic E-state index is 12.6. The van der Waals surface area contributed by atoms with Crippen LogP contribution in [0.1, 0.15) is 11.1 Å². The summed E-state index contributed by atoms with van der Waals surface area (Å²) < 4.78 is 5.97. The molecule has 1 aliphatic heterocycles. The maximum atomic E-state index is 12.6. The van der Waals surface area contributed by atoms with Crippen LogP contribution in [0, 0.1) is 0 Å². The fourth-order valence-corrected chi connectivity index (χ4v) is 3.95. The van der Waals surface area contributed by atoms with Crippen LogP contribution in [0.5, 0.6) is 5.75 Å². The Morgan fingerprint density at radius 3 is 2.68 bits per heavy atom. The summed E-state index contributed by atoms with van der Waals surface area (Å²) in [5, 5.41) is 0.230. The van der Waals surface area contributed by atoms with Crippen LogP contribution in [0.15, 0.2) is 51.8 Å². The Bertz CT molecular complexity index is 884. The van der Waals surface area contributed by atoms with E-state index in [0.29, 0.717) is 15.7 Å². The van der Waals surface area contributed by atoms with E-state index >= 15 is 0 Å². The molecule has 1 fully saturated rings. The van der Waals surface area contributed by atoms with Gasteiger partial charge in [0.1, 0.15) is 5.75 Å². The SMILES string of the molecule is COc1ccc(C=C2SC(=O)N(Cc3ccccc3Cl)C2=O)cc1Br. The lowest BCUT2D eigenvalue weighted by molar-refractivity contribution is -0.123. The van der Waals surface area contributed by atoms with Crippen molar-refractivity contribution in [3.05, 3.63) is 68.0 Å². The molecule has 0 bridgehead atoms. The average Bonchev–Trinajstić information content (AvgIpc) is 2.84. The fourth-order valence-electron chi connectivity index (χ4n) is 2.36. The Labute approximate surface area is 162 Å². The topological polar surface area (TPSA) is 46.6 Å². The third-order valence-electron chi connectivity index (χ3n) is 3.63. The van der Waals surface area contributed by atoms with Gasteiger partial charge in [0, 0.05) is 5.02 Å². The molecule has 7 heteroatoms. The number of benzene rings is 2. The highest BCUT2D eigenvalue weighted by atomic mass is 79.9. The number of ether oxygens (including phenoxy) is 1. The van der Waals surface area contributed by atoms with Gasteiger partial charge < -0.3 is 4.74 Å². The first-order chi connectivity index (χ1) is 12.0. The van der Waals surface area contributed by atoms with Crippen LogP contribution >= 0.6 is 39.3 Å². The van der Waals surface area contributed by atoms with E-state index in [4.69, 9.17) is 16.3 Å². The van der Waals surface area contributed by atoms with E-state index in [1.54, 1.807) is 37.5 Å². The predicted molar refractivity (Wildman–Crippen MR) is 104 cm³/mol. The zero-order valence-corrected chi connectivity index (χ0v) is 16.3. The predicted octanol–water partition coefficient (Wildman–Crippen LogP) is 5.35. The Kier molecular flexibility index (Phi) is 5.51. The average molecular weight is 439 g/mol. The number of amides is 2. The van der Waals surface area contributed by atoms with Crippen LogP contribution in [0.4, 0.5) is 4.79 Å². The van der Waals surface area contributed by atoms with E-state index in [1.807, 2.05) is 18.2 Å². The molecule has 0 unspecified atom stereocenters. The van der Waals surface area contributed by atoms with Gasteiger partial charge in [-0.15, -0.1) is 0 Å². The van der Waals surface area contributed by atoms with Gasteiger partial charge in [0.2, 0.25) is 0 Å². The summed E-state index contributed by atoms with van der Waals surface area (Å²) in [5.74, 6) is 0.380. The summed E-state index contributed by atoms with van der Waals surface area (Å²) in [6.07, 6.45) is 1.70. The molecule has 0 N–H and O–H groups in total. The quantitative estimate of drug-likeness (QED) is 0.604. The molecule has 0 saturated carbocycles. The highest BCUT2D eigenvalue weighted by Crippen LogP contribution is 2.35. The molecule has 0 atom stereocenters. The molecule has 0 radical (unpaired) electrons. The van der Waals surface area contributed by atoms with E-state index in [2.05, 4.69) is 15.9 Å². The van der Waals surface area contributed by atoms with Crippen molar-refractivity contribution in [3.8, 4) is 5.75 Å². The minimum atomic E-state index is -0.318. The molecule has 0 aliphatic carbocycles. The van der Waals surface area contributed by atoms with Crippen molar-refractivity contribution >= 4 is 56.5 Å². The Balaban J connectivity index is 1.83. The number of hydrogen-bond acceptors (Lipinski definition) is 4. The van der Waals surface area contributed by atoms with Crippen molar-refractivity contribution in [2.24, 2.45) is 0 Å². The van der Waals surface area contributed by atoms with E-state index in [1.165, 1.54) is 4.90 Å². The molecule has 0 spiro atoms. The van der Waals surface area contributed by atoms with Crippen LogP contribution in [-0.4, -0.2) is 23.2 Å². The summed E-state index contributed by atoms with van der Waals surface area (Å²) in [4.78, 5) is 26.4. The molecule has 2 aromatic rings. The lowest BCUT2D eigenvalue weighted by atomic mass is 10.2. The lowest BCUT2D eigenvalue weighted by Crippen LogP contribution is -2.27. The molecule has 4 nitrogen and oxygen atoms in total. The summed E-state index contributed by atoms with van der Waals surface area (Å²) in [6.45, 7) is 0.161. The van der Waals surface area contributed by atoms with Crippen molar-refractivity contribution in [1.82, 2.24) is 4.90 Å². The monoisotopic (exact) mass is 437 g/mol. The van der Waals surface area contributed by atoms with Gasteiger partial charge in [-0.3, -0.25) is 14.5 Å². The van der Waals surface area contributed by atoms with Gasteiger partial charge >= 0.3 is 0 Å². The van der Waals surface area contributed by atoms with Crippen molar-refractivity contribution in [3.63, 3.8) is 0 Å². The first kappa shape index (κ1) is 18.0. The van der Waals surface area contributed by atoms with E-state index in [9.17, 15) is 9.59 Å². The second-order valence-corrected chi connectivity index (χ2v) is 7.51. The first-order valence-corrected chi connectivity index (χ1v) is 9.30. The summed E-state index contributed by atoms with van der Waals surface area (Å²) in [6, 6.07) is 12.6. The van der Waals surface area contributed by atoms with Gasteiger partial charge in [-0.1, -0.05) is 35.9 Å². The van der Waals surface area contributed by atoms with Gasteiger partial charge in [-0.05, 0) is 63.1 Å². The normalized spacial score (nSPS) is 16.0. The van der Waals surface area contributed by atoms with E-state index in [0.717, 1.165) is 27.4 Å². The first-order valence-electron chi connectivity index (χ1n) is 7.32. The zero-order chi connectivity index (χ0) is 18.0. The molecular weight excluding hydrogens is 426 g/mol. The number of carbonyl (C=O) groups excluding carboxylic acids is 2. The number of methoxy groups -OCH3 is 1. The van der Waals surface area contributed by atoms with Gasteiger partial charge in [-0.2, -0.15) is 0 Å². The van der Waals surface area contributed by atoms with Gasteiger partial charge in [-0.25, -0.2) is 0 Å². The highest BCUT2D eigenvalue weighted by molar-refractivity contribution is 9.10. The van der Waals surface area contributed by atoms with Crippen molar-refractivity contribution in [2.75, 3.05) is 7.11 Å². The zero-order valence-electron chi connectivity index (χ0n) is 13.2. The van der Waals surface area contributed by atoms with Crippen molar-refractivity contribution in [2.45, 2.75) is 6.54 Å². The summed E-state index contributed by atoms with van der Waals surface area (Å²) in [7, 11) is 1.58. The van der Waals surface area contributed by atoms with Crippen LogP contribution in [0.25, 0.3) is 6.08 Å². The number of halogens is 2. The minimum Gasteiger partial charge on any atom is -0.496 e. The Morgan fingerprint density at radius 1 is 1.24 bits per heavy atom. The number of imide groups is 1. The standard InChI is InChI=1S/C18H13BrClNO3S/c1-24-15-7-6-11(8-13(15)19)9-16-17(22)21(18(23)25-16)10-12-4-2-3-5-14(12)20/h2-9H,10H2,1H3. The molecular formula is C18H13BrClNO3S. The highest BCUT2D eigenvalue weighted by Gasteiger charge is 2.35. The van der Waals surface area contributed by atoms with Gasteiger partial charge in [0.25, 0.3) is 11.1 Å². The molecule has 3 rings (SSSR count). The Morgan fingerprint density at radius 2 is 2.00 bits per heavy atom. The van der Waals surface area contributed by atoms with Crippen LogP contribution < -0.4 is 4.74 Å². The molecule has 128 valence electrons. The van der Waals surface area contributed by atoms with Crippen molar-refractivity contribution in [1.29, 1.82) is 0 Å². The van der Waals surface area contributed by atoms with Gasteiger partial charge in [0.15, 0.2) is 0 Å². The van der Waals surface area contributed by atoms with Gasteiger partial charge in [0.05, 0.1) is 23.0 Å². The molecule has 25 heavy (non-hydrogen) atoms. The molecule has 1 heterocycles. The number of nitrogens with zero attached hydrogens (tertiary/aromatic N) is 1. The molecule has 2 amide bonds. The lowest BCUT2D eigenvalue weighted by Gasteiger charge is -2.13. The third-order valence-corrected chi connectivity index (χ3v) is 5.53. The molecule has 1 saturated heterocycles. The van der Waals surface area contributed by atoms with Crippen molar-refractivity contribution < 1.29 is 14.3 Å². The number of hydrogen-bond donors (Lipinski definition) is 0. The minimum absolute atomic E-state index is 0.161. The number of thioether (sulfide) groups is 1. The van der Waals surface area contributed by atoms with E-state index in [-0.39, 0.29) is 17.7 Å². The van der Waals surface area contributed by atoms with E-state index < -0.39 is 0 Å². The third kappa shape index (κ3) is 3.92. The summed E-state index contributed by atoms with van der Waals surface area (Å²) >= 11 is 10.5. The second kappa shape index (κ2) is 7.64. The number of carbonyl (C=O) groups is 2. The largest absolute Gasteiger partial charge is 0.496 e. The second-order valence-electron chi connectivity index (χ2n) is 5.25. The molecule has 1 aliphatic rings. The Hall–Kier alpha value is -1.76. The smallest absolute Gasteiger partial charge is 0.293 e. The number of rotatable bonds is 4. The van der Waals surface area contributed by atoms with Crippen LogP contribution in [0.3, 0.4) is 0 Å². The van der Waals surface area contributed by atoms with Crippen LogP contribution in [0.2, 0.25) is 5.02 Å². The molecule has 2 aromatic carbocycles. The van der Waals surface area contributed by atoms with Crippen LogP contribution in [-0.2, 0) is 11.3 Å². The molecule has 0 aromatic heterocycles.